The minimum absolute atomic E-state index is 0.0403. The molecule has 0 saturated heterocycles. The Kier molecular flexibility index (Phi) is 12.4. The zero-order chi connectivity index (χ0) is 29.8. The fraction of sp³-hybridized carbons (Fsp3) is 0.448. The molecule has 3 atom stereocenters. The van der Waals surface area contributed by atoms with Gasteiger partial charge in [-0.25, -0.2) is 9.59 Å². The van der Waals surface area contributed by atoms with Gasteiger partial charge in [-0.1, -0.05) is 57.2 Å². The molecule has 3 amide bonds. The molecule has 0 fully saturated rings. The lowest BCUT2D eigenvalue weighted by atomic mass is 9.97. The summed E-state index contributed by atoms with van der Waals surface area (Å²) in [5.74, 6) is -1.97. The van der Waals surface area contributed by atoms with Crippen LogP contribution in [0.25, 0.3) is 0 Å². The normalized spacial score (nSPS) is 13.1. The molecule has 0 saturated carbocycles. The van der Waals surface area contributed by atoms with Crippen LogP contribution in [0.4, 0.5) is 10.5 Å². The van der Waals surface area contributed by atoms with Gasteiger partial charge in [-0.05, 0) is 42.0 Å². The predicted octanol–water partition coefficient (Wildman–Crippen LogP) is 3.17. The molecule has 0 spiro atoms. The zero-order valence-corrected chi connectivity index (χ0v) is 23.7. The van der Waals surface area contributed by atoms with Crippen LogP contribution >= 0.6 is 0 Å². The second-order valence-electron chi connectivity index (χ2n) is 9.80. The van der Waals surface area contributed by atoms with Crippen molar-refractivity contribution in [2.24, 2.45) is 11.7 Å². The molecule has 0 radical (unpaired) electrons. The molecule has 40 heavy (non-hydrogen) atoms. The van der Waals surface area contributed by atoms with Crippen molar-refractivity contribution in [1.82, 2.24) is 10.2 Å². The van der Waals surface area contributed by atoms with E-state index in [0.29, 0.717) is 17.7 Å². The van der Waals surface area contributed by atoms with Crippen molar-refractivity contribution in [3.63, 3.8) is 0 Å². The Morgan fingerprint density at radius 3 is 2.25 bits per heavy atom. The third kappa shape index (κ3) is 8.98. The number of amides is 3. The maximum absolute atomic E-state index is 13.5. The second-order valence-corrected chi connectivity index (χ2v) is 9.80. The molecule has 218 valence electrons. The van der Waals surface area contributed by atoms with E-state index in [2.05, 4.69) is 10.6 Å². The summed E-state index contributed by atoms with van der Waals surface area (Å²) in [5, 5.41) is 15.1. The molecule has 2 aromatic carbocycles. The predicted molar refractivity (Wildman–Crippen MR) is 151 cm³/mol. The number of carboxylic acids is 1. The summed E-state index contributed by atoms with van der Waals surface area (Å²) < 4.78 is 10.7. The minimum Gasteiger partial charge on any atom is -0.495 e. The van der Waals surface area contributed by atoms with Crippen LogP contribution in [-0.4, -0.2) is 66.2 Å². The van der Waals surface area contributed by atoms with Gasteiger partial charge in [0, 0.05) is 13.5 Å². The van der Waals surface area contributed by atoms with Crippen LogP contribution in [0.2, 0.25) is 0 Å². The van der Waals surface area contributed by atoms with Crippen molar-refractivity contribution >= 4 is 29.6 Å². The SMILES string of the molecule is CC[C@H](C(=O)O)N(C(=O)[C@@H](N)CC(C)C)[C@@H](Cc1ccc(OC)c(NC(=O)OCc2ccccc2)c1)C(=O)NC. The van der Waals surface area contributed by atoms with Gasteiger partial charge in [-0.15, -0.1) is 0 Å². The number of ether oxygens (including phenoxy) is 2. The first-order chi connectivity index (χ1) is 19.0. The smallest absolute Gasteiger partial charge is 0.412 e. The number of rotatable bonds is 14. The van der Waals surface area contributed by atoms with Gasteiger partial charge in [0.05, 0.1) is 18.8 Å². The highest BCUT2D eigenvalue weighted by Crippen LogP contribution is 2.28. The number of methoxy groups -OCH3 is 1. The maximum atomic E-state index is 13.5. The first kappa shape index (κ1) is 32.1. The standard InChI is InChI=1S/C29H40N4O7/c1-6-23(28(36)37)33(27(35)21(30)14-18(2)3)24(26(34)31-4)16-20-12-13-25(39-5)22(15-20)32-29(38)40-17-19-10-8-7-9-11-19/h7-13,15,18,21,23-24H,6,14,16-17,30H2,1-5H3,(H,31,34)(H,32,38)(H,36,37)/t21-,23+,24-/m0/s1. The average molecular weight is 557 g/mol. The van der Waals surface area contributed by atoms with Crippen molar-refractivity contribution < 1.29 is 33.8 Å². The fourth-order valence-corrected chi connectivity index (χ4v) is 4.37. The molecule has 0 unspecified atom stereocenters. The molecule has 0 bridgehead atoms. The first-order valence-corrected chi connectivity index (χ1v) is 13.2. The van der Waals surface area contributed by atoms with E-state index in [4.69, 9.17) is 15.2 Å². The summed E-state index contributed by atoms with van der Waals surface area (Å²) in [6.45, 7) is 5.50. The highest BCUT2D eigenvalue weighted by Gasteiger charge is 2.39. The van der Waals surface area contributed by atoms with E-state index in [1.807, 2.05) is 44.2 Å². The van der Waals surface area contributed by atoms with E-state index in [1.165, 1.54) is 14.2 Å². The van der Waals surface area contributed by atoms with E-state index in [-0.39, 0.29) is 31.1 Å². The Morgan fingerprint density at radius 2 is 1.70 bits per heavy atom. The van der Waals surface area contributed by atoms with Gasteiger partial charge >= 0.3 is 12.1 Å². The first-order valence-electron chi connectivity index (χ1n) is 13.2. The number of benzene rings is 2. The summed E-state index contributed by atoms with van der Waals surface area (Å²) in [7, 11) is 2.86. The highest BCUT2D eigenvalue weighted by molar-refractivity contribution is 5.93. The monoisotopic (exact) mass is 556 g/mol. The molecule has 0 heterocycles. The van der Waals surface area contributed by atoms with Crippen molar-refractivity contribution in [2.45, 2.75) is 64.8 Å². The number of likely N-dealkylation sites (N-methyl/N-ethyl adjacent to an activating group) is 1. The Morgan fingerprint density at radius 1 is 1.02 bits per heavy atom. The number of carbonyl (C=O) groups is 4. The number of hydrogen-bond donors (Lipinski definition) is 4. The lowest BCUT2D eigenvalue weighted by molar-refractivity contribution is -0.155. The molecule has 11 nitrogen and oxygen atoms in total. The summed E-state index contributed by atoms with van der Waals surface area (Å²) in [6.07, 6.45) is -0.351. The van der Waals surface area contributed by atoms with E-state index in [0.717, 1.165) is 10.5 Å². The van der Waals surface area contributed by atoms with E-state index in [1.54, 1.807) is 25.1 Å². The van der Waals surface area contributed by atoms with Gasteiger partial charge in [-0.2, -0.15) is 0 Å². The number of aliphatic carboxylic acids is 1. The Bertz CT molecular complexity index is 1160. The molecule has 0 aliphatic heterocycles. The molecule has 11 heteroatoms. The summed E-state index contributed by atoms with van der Waals surface area (Å²) in [6, 6.07) is 10.6. The van der Waals surface area contributed by atoms with E-state index in [9.17, 15) is 24.3 Å². The van der Waals surface area contributed by atoms with Gasteiger partial charge in [-0.3, -0.25) is 14.9 Å². The molecule has 0 aliphatic carbocycles. The van der Waals surface area contributed by atoms with E-state index >= 15 is 0 Å². The maximum Gasteiger partial charge on any atom is 0.412 e. The molecule has 5 N–H and O–H groups in total. The van der Waals surface area contributed by atoms with Crippen LogP contribution in [0.1, 0.15) is 44.7 Å². The quantitative estimate of drug-likeness (QED) is 0.276. The fourth-order valence-electron chi connectivity index (χ4n) is 4.37. The number of hydrogen-bond acceptors (Lipinski definition) is 7. The molecule has 2 rings (SSSR count). The molecular weight excluding hydrogens is 516 g/mol. The van der Waals surface area contributed by atoms with Crippen molar-refractivity contribution in [3.8, 4) is 5.75 Å². The molecule has 2 aromatic rings. The van der Waals surface area contributed by atoms with Crippen LogP contribution in [0.3, 0.4) is 0 Å². The van der Waals surface area contributed by atoms with Crippen LogP contribution < -0.4 is 21.1 Å². The topological polar surface area (TPSA) is 160 Å². The number of carboxylic acid groups (broad SMARTS) is 1. The van der Waals surface area contributed by atoms with Crippen LogP contribution in [-0.2, 0) is 32.1 Å². The van der Waals surface area contributed by atoms with Crippen molar-refractivity contribution in [2.75, 3.05) is 19.5 Å². The second kappa shape index (κ2) is 15.5. The number of nitrogens with zero attached hydrogens (tertiary/aromatic N) is 1. The van der Waals surface area contributed by atoms with Gasteiger partial charge in [0.25, 0.3) is 0 Å². The average Bonchev–Trinajstić information content (AvgIpc) is 2.93. The summed E-state index contributed by atoms with van der Waals surface area (Å²) in [4.78, 5) is 52.4. The van der Waals surface area contributed by atoms with Gasteiger partial charge in [0.1, 0.15) is 24.4 Å². The Balaban J connectivity index is 2.38. The van der Waals surface area contributed by atoms with Gasteiger partial charge in [0.15, 0.2) is 0 Å². The lowest BCUT2D eigenvalue weighted by Gasteiger charge is -2.37. The van der Waals surface area contributed by atoms with Crippen LogP contribution in [0, 0.1) is 5.92 Å². The Hall–Kier alpha value is -4.12. The molecule has 0 aromatic heterocycles. The van der Waals surface area contributed by atoms with Gasteiger partial charge < -0.3 is 30.5 Å². The number of anilines is 1. The van der Waals surface area contributed by atoms with E-state index < -0.39 is 42.0 Å². The number of carbonyl (C=O) groups excluding carboxylic acids is 3. The van der Waals surface area contributed by atoms with Crippen molar-refractivity contribution in [1.29, 1.82) is 0 Å². The van der Waals surface area contributed by atoms with Gasteiger partial charge in [0.2, 0.25) is 11.8 Å². The molecule has 0 aliphatic rings. The lowest BCUT2D eigenvalue weighted by Crippen LogP contribution is -2.60. The van der Waals surface area contributed by atoms with Crippen LogP contribution in [0.15, 0.2) is 48.5 Å². The zero-order valence-electron chi connectivity index (χ0n) is 23.7. The minimum atomic E-state index is -1.27. The molecular formula is C29H40N4O7. The van der Waals surface area contributed by atoms with Crippen LogP contribution in [0.5, 0.6) is 5.75 Å². The van der Waals surface area contributed by atoms with Crippen molar-refractivity contribution in [3.05, 3.63) is 59.7 Å². The third-order valence-electron chi connectivity index (χ3n) is 6.33. The summed E-state index contributed by atoms with van der Waals surface area (Å²) >= 11 is 0. The Labute approximate surface area is 235 Å². The highest BCUT2D eigenvalue weighted by atomic mass is 16.5. The number of nitrogens with one attached hydrogen (secondary N) is 2. The third-order valence-corrected chi connectivity index (χ3v) is 6.33. The number of nitrogens with two attached hydrogens (primary N) is 1. The largest absolute Gasteiger partial charge is 0.495 e. The summed E-state index contributed by atoms with van der Waals surface area (Å²) in [5.41, 5.74) is 7.82.